The molecule has 0 spiro atoms. The van der Waals surface area contributed by atoms with Crippen molar-refractivity contribution in [3.63, 3.8) is 0 Å². The number of nitrogens with zero attached hydrogens (tertiary/aromatic N) is 2. The van der Waals surface area contributed by atoms with E-state index in [0.717, 1.165) is 23.9 Å². The first-order valence-electron chi connectivity index (χ1n) is 9.77. The molecule has 170 valence electrons. The van der Waals surface area contributed by atoms with E-state index >= 15 is 0 Å². The van der Waals surface area contributed by atoms with Crippen LogP contribution in [0.15, 0.2) is 22.0 Å². The largest absolute Gasteiger partial charge is 0.495 e. The molecule has 0 N–H and O–H groups in total. The molecule has 0 atom stereocenters. The molecule has 31 heavy (non-hydrogen) atoms. The molecule has 1 fully saturated rings. The zero-order valence-electron chi connectivity index (χ0n) is 17.7. The minimum Gasteiger partial charge on any atom is -0.495 e. The minimum atomic E-state index is -4.54. The molecule has 0 saturated carbocycles. The molecule has 2 heterocycles. The van der Waals surface area contributed by atoms with Crippen LogP contribution in [0, 0.1) is 0 Å². The lowest BCUT2D eigenvalue weighted by Crippen LogP contribution is -2.41. The molecule has 2 aromatic rings. The molecule has 0 unspecified atom stereocenters. The summed E-state index contributed by atoms with van der Waals surface area (Å²) in [6.07, 6.45) is -3.41. The maximum Gasteiger partial charge on any atom is 0.420 e. The van der Waals surface area contributed by atoms with E-state index in [1.165, 1.54) is 18.4 Å². The van der Waals surface area contributed by atoms with Crippen molar-refractivity contribution in [2.24, 2.45) is 0 Å². The number of hydrogen-bond donors (Lipinski definition) is 0. The summed E-state index contributed by atoms with van der Waals surface area (Å²) in [6.45, 7) is 6.60. The fourth-order valence-corrected chi connectivity index (χ4v) is 5.02. The molecule has 1 saturated heterocycles. The summed E-state index contributed by atoms with van der Waals surface area (Å²) < 4.78 is 50.9. The highest BCUT2D eigenvalue weighted by Crippen LogP contribution is 2.43. The number of carbonyl (C=O) groups is 1. The summed E-state index contributed by atoms with van der Waals surface area (Å²) in [5.41, 5.74) is -0.531. The van der Waals surface area contributed by atoms with E-state index in [1.807, 2.05) is 20.8 Å². The zero-order chi connectivity index (χ0) is 23.0. The highest BCUT2D eigenvalue weighted by atomic mass is 79.9. The second-order valence-electron chi connectivity index (χ2n) is 8.35. The number of piperidine rings is 1. The van der Waals surface area contributed by atoms with Crippen molar-refractivity contribution in [3.05, 3.63) is 32.6 Å². The summed E-state index contributed by atoms with van der Waals surface area (Å²) >= 11 is 4.60. The maximum atomic E-state index is 13.5. The zero-order valence-corrected chi connectivity index (χ0v) is 20.1. The fraction of sp³-hybridized carbons (Fsp3) is 0.524. The number of aromatic nitrogens is 1. The molecule has 0 bridgehead atoms. The molecule has 1 aromatic carbocycles. The van der Waals surface area contributed by atoms with Gasteiger partial charge in [0, 0.05) is 30.0 Å². The van der Waals surface area contributed by atoms with Gasteiger partial charge in [-0.05, 0) is 61.7 Å². The van der Waals surface area contributed by atoms with Gasteiger partial charge in [0.25, 0.3) is 0 Å². The molecule has 1 aliphatic rings. The third kappa shape index (κ3) is 5.71. The number of carbonyl (C=O) groups excluding carboxylic acids is 1. The van der Waals surface area contributed by atoms with Gasteiger partial charge in [0.15, 0.2) is 0 Å². The van der Waals surface area contributed by atoms with E-state index in [2.05, 4.69) is 20.9 Å². The van der Waals surface area contributed by atoms with Crippen molar-refractivity contribution in [2.75, 3.05) is 20.2 Å². The van der Waals surface area contributed by atoms with Gasteiger partial charge < -0.3 is 14.4 Å². The van der Waals surface area contributed by atoms with E-state index in [-0.39, 0.29) is 22.2 Å². The lowest BCUT2D eigenvalue weighted by molar-refractivity contribution is -0.138. The first-order chi connectivity index (χ1) is 14.4. The minimum absolute atomic E-state index is 0.154. The second-order valence-corrected chi connectivity index (χ2v) is 10.1. The van der Waals surface area contributed by atoms with Crippen molar-refractivity contribution in [2.45, 2.75) is 51.3 Å². The van der Waals surface area contributed by atoms with Crippen LogP contribution in [0.3, 0.4) is 0 Å². The van der Waals surface area contributed by atoms with Crippen molar-refractivity contribution in [1.82, 2.24) is 9.88 Å². The topological polar surface area (TPSA) is 51.7 Å². The van der Waals surface area contributed by atoms with Crippen LogP contribution < -0.4 is 4.74 Å². The molecule has 3 rings (SSSR count). The number of alkyl halides is 3. The third-order valence-corrected chi connectivity index (χ3v) is 6.46. The Morgan fingerprint density at radius 3 is 2.42 bits per heavy atom. The van der Waals surface area contributed by atoms with Crippen LogP contribution in [0.5, 0.6) is 5.75 Å². The summed E-state index contributed by atoms with van der Waals surface area (Å²) in [6, 6.07) is 2.64. The number of benzene rings is 1. The van der Waals surface area contributed by atoms with Crippen molar-refractivity contribution in [3.8, 4) is 17.0 Å². The van der Waals surface area contributed by atoms with Gasteiger partial charge in [-0.3, -0.25) is 0 Å². The van der Waals surface area contributed by atoms with E-state index in [4.69, 9.17) is 9.47 Å². The number of ether oxygens (including phenoxy) is 2. The molecule has 0 aliphatic carbocycles. The Morgan fingerprint density at radius 1 is 1.23 bits per heavy atom. The van der Waals surface area contributed by atoms with Gasteiger partial charge in [-0.15, -0.1) is 11.3 Å². The highest BCUT2D eigenvalue weighted by Gasteiger charge is 2.36. The number of likely N-dealkylation sites (tertiary alicyclic amines) is 1. The SMILES string of the molecule is COc1c(Br)cc(-c2csc(C3CCN(C(=O)OC(C)(C)C)CC3)n2)cc1C(F)(F)F. The molecule has 10 heteroatoms. The summed E-state index contributed by atoms with van der Waals surface area (Å²) in [7, 11) is 1.21. The Hall–Kier alpha value is -1.81. The predicted molar refractivity (Wildman–Crippen MR) is 117 cm³/mol. The van der Waals surface area contributed by atoms with Gasteiger partial charge >= 0.3 is 12.3 Å². The van der Waals surface area contributed by atoms with Gasteiger partial charge in [0.1, 0.15) is 11.4 Å². The van der Waals surface area contributed by atoms with Gasteiger partial charge in [0.2, 0.25) is 0 Å². The average molecular weight is 521 g/mol. The Balaban J connectivity index is 1.75. The van der Waals surface area contributed by atoms with Crippen LogP contribution in [0.2, 0.25) is 0 Å². The number of amides is 1. The molecule has 1 amide bonds. The van der Waals surface area contributed by atoms with E-state index in [0.29, 0.717) is 24.3 Å². The second kappa shape index (κ2) is 8.97. The van der Waals surface area contributed by atoms with Gasteiger partial charge in [-0.2, -0.15) is 13.2 Å². The normalized spacial score (nSPS) is 15.8. The van der Waals surface area contributed by atoms with Crippen LogP contribution >= 0.6 is 27.3 Å². The number of methoxy groups -OCH3 is 1. The van der Waals surface area contributed by atoms with Crippen LogP contribution in [0.25, 0.3) is 11.3 Å². The maximum absolute atomic E-state index is 13.5. The average Bonchev–Trinajstić information content (AvgIpc) is 3.15. The van der Waals surface area contributed by atoms with Crippen LogP contribution in [0.1, 0.15) is 50.1 Å². The van der Waals surface area contributed by atoms with Crippen molar-refractivity contribution < 1.29 is 27.4 Å². The summed E-state index contributed by atoms with van der Waals surface area (Å²) in [5.74, 6) is -0.0950. The lowest BCUT2D eigenvalue weighted by atomic mass is 9.98. The number of rotatable bonds is 3. The first kappa shape index (κ1) is 23.8. The number of hydrogen-bond acceptors (Lipinski definition) is 5. The predicted octanol–water partition coefficient (Wildman–Crippen LogP) is 6.71. The standard InChI is InChI=1S/C21H24BrF3N2O3S/c1-20(2,3)30-19(28)27-7-5-12(6-8-27)18-26-16(11-31-18)13-9-14(21(23,24)25)17(29-4)15(22)10-13/h9-12H,5-8H2,1-4H3. The quantitative estimate of drug-likeness (QED) is 0.451. The van der Waals surface area contributed by atoms with E-state index in [1.54, 1.807) is 16.3 Å². The lowest BCUT2D eigenvalue weighted by Gasteiger charge is -2.32. The van der Waals surface area contributed by atoms with E-state index < -0.39 is 17.3 Å². The molecule has 5 nitrogen and oxygen atoms in total. The van der Waals surface area contributed by atoms with Crippen LogP contribution in [-0.4, -0.2) is 41.8 Å². The fourth-order valence-electron chi connectivity index (χ4n) is 3.40. The Bertz CT molecular complexity index is 948. The number of thiazole rings is 1. The summed E-state index contributed by atoms with van der Waals surface area (Å²) in [4.78, 5) is 18.5. The van der Waals surface area contributed by atoms with Crippen molar-refractivity contribution in [1.29, 1.82) is 0 Å². The Labute approximate surface area is 191 Å². The molecular weight excluding hydrogens is 497 g/mol. The molecule has 1 aliphatic heterocycles. The molecular formula is C21H24BrF3N2O3S. The van der Waals surface area contributed by atoms with E-state index in [9.17, 15) is 18.0 Å². The van der Waals surface area contributed by atoms with Crippen molar-refractivity contribution >= 4 is 33.4 Å². The van der Waals surface area contributed by atoms with Gasteiger partial charge in [-0.1, -0.05) is 0 Å². The highest BCUT2D eigenvalue weighted by molar-refractivity contribution is 9.10. The smallest absolute Gasteiger partial charge is 0.420 e. The Kier molecular flexibility index (Phi) is 6.90. The molecule has 1 aromatic heterocycles. The summed E-state index contributed by atoms with van der Waals surface area (Å²) in [5, 5.41) is 2.63. The Morgan fingerprint density at radius 2 is 1.87 bits per heavy atom. The van der Waals surface area contributed by atoms with Crippen LogP contribution in [-0.2, 0) is 10.9 Å². The van der Waals surface area contributed by atoms with Gasteiger partial charge in [0.05, 0.1) is 27.8 Å². The monoisotopic (exact) mass is 520 g/mol. The van der Waals surface area contributed by atoms with Crippen LogP contribution in [0.4, 0.5) is 18.0 Å². The molecule has 0 radical (unpaired) electrons. The first-order valence-corrected chi connectivity index (χ1v) is 11.4. The third-order valence-electron chi connectivity index (χ3n) is 4.87. The van der Waals surface area contributed by atoms with Gasteiger partial charge in [-0.25, -0.2) is 9.78 Å². The number of halogens is 4.